The lowest BCUT2D eigenvalue weighted by atomic mass is 10.1. The molecule has 3 rings (SSSR count). The van der Waals surface area contributed by atoms with Crippen LogP contribution < -0.4 is 14.8 Å². The number of nitrogens with zero attached hydrogens (tertiary/aromatic N) is 1. The Labute approximate surface area is 146 Å². The molecule has 2 aromatic rings. The number of hydrogen-bond acceptors (Lipinski definition) is 5. The summed E-state index contributed by atoms with van der Waals surface area (Å²) in [5.41, 5.74) is 3.74. The van der Waals surface area contributed by atoms with E-state index < -0.39 is 0 Å². The van der Waals surface area contributed by atoms with Crippen LogP contribution >= 0.6 is 0 Å². The molecule has 130 valence electrons. The Kier molecular flexibility index (Phi) is 5.18. The van der Waals surface area contributed by atoms with E-state index in [1.54, 1.807) is 0 Å². The lowest BCUT2D eigenvalue weighted by Gasteiger charge is -2.06. The molecule has 0 aliphatic carbocycles. The van der Waals surface area contributed by atoms with Gasteiger partial charge in [0.05, 0.1) is 5.71 Å². The number of amides is 1. The molecule has 0 fully saturated rings. The standard InChI is InChI=1S/C19H20N2O4/c1-13-3-5-15(6-4-13)10-20-19(22)11-25-21-14(2)16-7-8-17-18(9-16)24-12-23-17/h3-9H,10-12H2,1-2H3,(H,20,22)/b21-14+. The summed E-state index contributed by atoms with van der Waals surface area (Å²) < 4.78 is 10.6. The van der Waals surface area contributed by atoms with Gasteiger partial charge < -0.3 is 19.6 Å². The number of benzene rings is 2. The van der Waals surface area contributed by atoms with Gasteiger partial charge in [-0.05, 0) is 37.6 Å². The molecular formula is C19H20N2O4. The van der Waals surface area contributed by atoms with Crippen LogP contribution in [0.1, 0.15) is 23.6 Å². The topological polar surface area (TPSA) is 69.2 Å². The fourth-order valence-electron chi connectivity index (χ4n) is 2.32. The highest BCUT2D eigenvalue weighted by atomic mass is 16.7. The highest BCUT2D eigenvalue weighted by Gasteiger charge is 2.14. The summed E-state index contributed by atoms with van der Waals surface area (Å²) in [6.45, 7) is 4.39. The lowest BCUT2D eigenvalue weighted by Crippen LogP contribution is -2.26. The van der Waals surface area contributed by atoms with Crippen LogP contribution in [-0.2, 0) is 16.2 Å². The van der Waals surface area contributed by atoms with E-state index >= 15 is 0 Å². The predicted octanol–water partition coefficient (Wildman–Crippen LogP) is 2.78. The molecule has 0 saturated heterocycles. The van der Waals surface area contributed by atoms with Gasteiger partial charge in [-0.1, -0.05) is 35.0 Å². The SMILES string of the molecule is C/C(=N\OCC(=O)NCc1ccc(C)cc1)c1ccc2c(c1)OCO2. The Bertz CT molecular complexity index is 785. The fraction of sp³-hybridized carbons (Fsp3) is 0.263. The Morgan fingerprint density at radius 3 is 2.72 bits per heavy atom. The fourth-order valence-corrected chi connectivity index (χ4v) is 2.32. The van der Waals surface area contributed by atoms with Crippen molar-refractivity contribution < 1.29 is 19.1 Å². The first-order chi connectivity index (χ1) is 12.1. The van der Waals surface area contributed by atoms with Crippen LogP contribution in [0.4, 0.5) is 0 Å². The van der Waals surface area contributed by atoms with Gasteiger partial charge in [0.25, 0.3) is 5.91 Å². The molecule has 25 heavy (non-hydrogen) atoms. The molecule has 1 N–H and O–H groups in total. The molecule has 0 atom stereocenters. The van der Waals surface area contributed by atoms with Crippen LogP contribution in [0.5, 0.6) is 11.5 Å². The van der Waals surface area contributed by atoms with Gasteiger partial charge in [-0.15, -0.1) is 0 Å². The second-order valence-electron chi connectivity index (χ2n) is 5.78. The quantitative estimate of drug-likeness (QED) is 0.648. The second-order valence-corrected chi connectivity index (χ2v) is 5.78. The van der Waals surface area contributed by atoms with Crippen molar-refractivity contribution in [2.75, 3.05) is 13.4 Å². The molecule has 0 saturated carbocycles. The summed E-state index contributed by atoms with van der Waals surface area (Å²) in [5, 5.41) is 6.78. The first-order valence-electron chi connectivity index (χ1n) is 8.00. The van der Waals surface area contributed by atoms with Crippen LogP contribution in [0.15, 0.2) is 47.6 Å². The summed E-state index contributed by atoms with van der Waals surface area (Å²) in [5.74, 6) is 1.18. The van der Waals surface area contributed by atoms with Gasteiger partial charge in [0.1, 0.15) is 0 Å². The van der Waals surface area contributed by atoms with Crippen LogP contribution in [0, 0.1) is 6.92 Å². The van der Waals surface area contributed by atoms with Gasteiger partial charge in [-0.2, -0.15) is 0 Å². The van der Waals surface area contributed by atoms with E-state index in [4.69, 9.17) is 14.3 Å². The number of hydrogen-bond donors (Lipinski definition) is 1. The highest BCUT2D eigenvalue weighted by Crippen LogP contribution is 2.32. The van der Waals surface area contributed by atoms with Crippen molar-refractivity contribution >= 4 is 11.6 Å². The van der Waals surface area contributed by atoms with Crippen molar-refractivity contribution in [3.05, 3.63) is 59.2 Å². The van der Waals surface area contributed by atoms with Crippen LogP contribution in [0.25, 0.3) is 0 Å². The van der Waals surface area contributed by atoms with Crippen molar-refractivity contribution in [3.8, 4) is 11.5 Å². The van der Waals surface area contributed by atoms with Gasteiger partial charge in [0.15, 0.2) is 18.1 Å². The number of nitrogens with one attached hydrogen (secondary N) is 1. The lowest BCUT2D eigenvalue weighted by molar-refractivity contribution is -0.125. The smallest absolute Gasteiger partial charge is 0.261 e. The summed E-state index contributed by atoms with van der Waals surface area (Å²) in [6, 6.07) is 13.5. The first kappa shape index (κ1) is 16.8. The largest absolute Gasteiger partial charge is 0.454 e. The minimum absolute atomic E-state index is 0.131. The zero-order valence-electron chi connectivity index (χ0n) is 14.2. The molecule has 6 heteroatoms. The van der Waals surface area contributed by atoms with Gasteiger partial charge >= 0.3 is 0 Å². The third kappa shape index (κ3) is 4.50. The van der Waals surface area contributed by atoms with E-state index in [1.807, 2.05) is 56.3 Å². The Balaban J connectivity index is 1.47. The molecular weight excluding hydrogens is 320 g/mol. The van der Waals surface area contributed by atoms with E-state index in [0.29, 0.717) is 23.8 Å². The predicted molar refractivity (Wildman–Crippen MR) is 93.8 cm³/mol. The van der Waals surface area contributed by atoms with Gasteiger partial charge in [0, 0.05) is 12.1 Å². The zero-order chi connectivity index (χ0) is 17.6. The summed E-state index contributed by atoms with van der Waals surface area (Å²) >= 11 is 0. The Morgan fingerprint density at radius 1 is 1.16 bits per heavy atom. The molecule has 2 aromatic carbocycles. The first-order valence-corrected chi connectivity index (χ1v) is 8.00. The minimum atomic E-state index is -0.220. The Morgan fingerprint density at radius 2 is 1.92 bits per heavy atom. The van der Waals surface area contributed by atoms with Crippen molar-refractivity contribution in [1.29, 1.82) is 0 Å². The molecule has 0 unspecified atom stereocenters. The third-order valence-electron chi connectivity index (χ3n) is 3.80. The monoisotopic (exact) mass is 340 g/mol. The molecule has 0 aromatic heterocycles. The average molecular weight is 340 g/mol. The minimum Gasteiger partial charge on any atom is -0.454 e. The number of ether oxygens (including phenoxy) is 2. The number of carbonyl (C=O) groups is 1. The molecule has 0 bridgehead atoms. The molecule has 1 aliphatic heterocycles. The highest BCUT2D eigenvalue weighted by molar-refractivity contribution is 5.99. The van der Waals surface area contributed by atoms with Crippen LogP contribution in [0.2, 0.25) is 0 Å². The second kappa shape index (κ2) is 7.70. The summed E-state index contributed by atoms with van der Waals surface area (Å²) in [7, 11) is 0. The van der Waals surface area contributed by atoms with Crippen LogP contribution in [0.3, 0.4) is 0 Å². The van der Waals surface area contributed by atoms with Crippen molar-refractivity contribution in [2.45, 2.75) is 20.4 Å². The van der Waals surface area contributed by atoms with Crippen molar-refractivity contribution in [2.24, 2.45) is 5.16 Å². The van der Waals surface area contributed by atoms with Gasteiger partial charge in [0.2, 0.25) is 6.79 Å². The number of fused-ring (bicyclic) bond motifs is 1. The van der Waals surface area contributed by atoms with E-state index in [1.165, 1.54) is 5.56 Å². The summed E-state index contributed by atoms with van der Waals surface area (Å²) in [6.07, 6.45) is 0. The van der Waals surface area contributed by atoms with Gasteiger partial charge in [-0.25, -0.2) is 0 Å². The van der Waals surface area contributed by atoms with Gasteiger partial charge in [-0.3, -0.25) is 4.79 Å². The number of carbonyl (C=O) groups excluding carboxylic acids is 1. The maximum Gasteiger partial charge on any atom is 0.261 e. The number of rotatable bonds is 6. The number of aryl methyl sites for hydroxylation is 1. The third-order valence-corrected chi connectivity index (χ3v) is 3.80. The normalized spacial score (nSPS) is 12.8. The van der Waals surface area contributed by atoms with E-state index in [-0.39, 0.29) is 19.3 Å². The molecule has 6 nitrogen and oxygen atoms in total. The molecule has 1 amide bonds. The maximum absolute atomic E-state index is 11.8. The molecule has 1 aliphatic rings. The molecule has 1 heterocycles. The van der Waals surface area contributed by atoms with E-state index in [0.717, 1.165) is 11.1 Å². The van der Waals surface area contributed by atoms with E-state index in [2.05, 4.69) is 10.5 Å². The Hall–Kier alpha value is -3.02. The molecule has 0 spiro atoms. The molecule has 0 radical (unpaired) electrons. The summed E-state index contributed by atoms with van der Waals surface area (Å²) in [4.78, 5) is 17.0. The average Bonchev–Trinajstić information content (AvgIpc) is 3.09. The maximum atomic E-state index is 11.8. The zero-order valence-corrected chi connectivity index (χ0v) is 14.2. The van der Waals surface area contributed by atoms with Crippen LogP contribution in [-0.4, -0.2) is 25.0 Å². The van der Waals surface area contributed by atoms with Crippen molar-refractivity contribution in [3.63, 3.8) is 0 Å². The van der Waals surface area contributed by atoms with E-state index in [9.17, 15) is 4.79 Å². The number of oxime groups is 1. The van der Waals surface area contributed by atoms with Crippen molar-refractivity contribution in [1.82, 2.24) is 5.32 Å².